The summed E-state index contributed by atoms with van der Waals surface area (Å²) in [6.07, 6.45) is 1.37. The number of sulfonamides is 1. The highest BCUT2D eigenvalue weighted by Crippen LogP contribution is 2.35. The first-order valence-corrected chi connectivity index (χ1v) is 11.7. The Morgan fingerprint density at radius 2 is 1.88 bits per heavy atom. The van der Waals surface area contributed by atoms with Crippen LogP contribution in [0, 0.1) is 5.82 Å². The standard InChI is InChI=1S/C23H20ClFN2O4S/c1-31-17-9-11-18(12-10-17)32(29,30)27-13-3-4-15-7-8-16(14-21(15)27)26-23(28)22-19(24)5-2-6-20(22)25/h2,5-12,14H,3-4,13H2,1H3,(H,26,28). The maximum absolute atomic E-state index is 14.1. The van der Waals surface area contributed by atoms with Gasteiger partial charge in [-0.05, 0) is 66.9 Å². The second-order valence-electron chi connectivity index (χ2n) is 7.25. The zero-order valence-electron chi connectivity index (χ0n) is 17.1. The van der Waals surface area contributed by atoms with Crippen LogP contribution < -0.4 is 14.4 Å². The first kappa shape index (κ1) is 22.1. The van der Waals surface area contributed by atoms with E-state index in [0.29, 0.717) is 36.5 Å². The predicted molar refractivity (Wildman–Crippen MR) is 122 cm³/mol. The van der Waals surface area contributed by atoms with E-state index in [-0.39, 0.29) is 15.5 Å². The highest BCUT2D eigenvalue weighted by atomic mass is 35.5. The molecule has 4 rings (SSSR count). The summed E-state index contributed by atoms with van der Waals surface area (Å²) in [5.74, 6) is -0.898. The SMILES string of the molecule is COc1ccc(S(=O)(=O)N2CCCc3ccc(NC(=O)c4c(F)cccc4Cl)cc32)cc1. The van der Waals surface area contributed by atoms with Gasteiger partial charge >= 0.3 is 0 Å². The van der Waals surface area contributed by atoms with E-state index in [1.54, 1.807) is 30.3 Å². The summed E-state index contributed by atoms with van der Waals surface area (Å²) >= 11 is 5.98. The molecule has 0 fully saturated rings. The average Bonchev–Trinajstić information content (AvgIpc) is 2.78. The first-order valence-electron chi connectivity index (χ1n) is 9.86. The predicted octanol–water partition coefficient (Wildman–Crippen LogP) is 4.88. The molecule has 0 aliphatic carbocycles. The number of anilines is 2. The van der Waals surface area contributed by atoms with Crippen molar-refractivity contribution in [2.75, 3.05) is 23.3 Å². The Bertz CT molecular complexity index is 1260. The minimum Gasteiger partial charge on any atom is -0.497 e. The van der Waals surface area contributed by atoms with Crippen LogP contribution in [-0.2, 0) is 16.4 Å². The summed E-state index contributed by atoms with van der Waals surface area (Å²) in [5, 5.41) is 2.61. The average molecular weight is 475 g/mol. The van der Waals surface area contributed by atoms with Gasteiger partial charge in [-0.25, -0.2) is 12.8 Å². The van der Waals surface area contributed by atoms with Crippen LogP contribution in [0.1, 0.15) is 22.3 Å². The monoisotopic (exact) mass is 474 g/mol. The number of methoxy groups -OCH3 is 1. The highest BCUT2D eigenvalue weighted by molar-refractivity contribution is 7.92. The lowest BCUT2D eigenvalue weighted by Crippen LogP contribution is -2.35. The van der Waals surface area contributed by atoms with E-state index in [1.807, 2.05) is 0 Å². The summed E-state index contributed by atoms with van der Waals surface area (Å²) in [6.45, 7) is 0.303. The molecule has 32 heavy (non-hydrogen) atoms. The van der Waals surface area contributed by atoms with Crippen molar-refractivity contribution in [3.63, 3.8) is 0 Å². The van der Waals surface area contributed by atoms with Crippen LogP contribution in [0.15, 0.2) is 65.6 Å². The van der Waals surface area contributed by atoms with Gasteiger partial charge in [0.05, 0.1) is 28.3 Å². The molecule has 6 nitrogen and oxygen atoms in total. The van der Waals surface area contributed by atoms with Crippen LogP contribution >= 0.6 is 11.6 Å². The van der Waals surface area contributed by atoms with Crippen molar-refractivity contribution < 1.29 is 22.3 Å². The summed E-state index contributed by atoms with van der Waals surface area (Å²) < 4.78 is 47.2. The minimum absolute atomic E-state index is 0.0100. The number of hydrogen-bond donors (Lipinski definition) is 1. The number of amides is 1. The molecule has 0 unspecified atom stereocenters. The lowest BCUT2D eigenvalue weighted by Gasteiger charge is -2.31. The number of aryl methyl sites for hydroxylation is 1. The number of nitrogens with zero attached hydrogens (tertiary/aromatic N) is 1. The minimum atomic E-state index is -3.83. The molecule has 1 aliphatic heterocycles. The van der Waals surface area contributed by atoms with Crippen LogP contribution in [0.3, 0.4) is 0 Å². The van der Waals surface area contributed by atoms with Gasteiger partial charge in [0, 0.05) is 12.2 Å². The third-order valence-corrected chi connectivity index (χ3v) is 7.40. The van der Waals surface area contributed by atoms with Gasteiger partial charge in [0.1, 0.15) is 11.6 Å². The molecule has 1 amide bonds. The maximum atomic E-state index is 14.1. The van der Waals surface area contributed by atoms with Gasteiger partial charge in [0.15, 0.2) is 0 Å². The summed E-state index contributed by atoms with van der Waals surface area (Å²) in [6, 6.07) is 15.2. The van der Waals surface area contributed by atoms with Gasteiger partial charge in [-0.1, -0.05) is 23.7 Å². The highest BCUT2D eigenvalue weighted by Gasteiger charge is 2.29. The molecular formula is C23H20ClFN2O4S. The van der Waals surface area contributed by atoms with Crippen LogP contribution in [0.5, 0.6) is 5.75 Å². The number of carbonyl (C=O) groups excluding carboxylic acids is 1. The molecule has 3 aromatic rings. The Kier molecular flexibility index (Phi) is 6.08. The number of benzene rings is 3. The van der Waals surface area contributed by atoms with E-state index in [2.05, 4.69) is 5.32 Å². The quantitative estimate of drug-likeness (QED) is 0.571. The number of fused-ring (bicyclic) bond motifs is 1. The van der Waals surface area contributed by atoms with Crippen molar-refractivity contribution in [3.8, 4) is 5.75 Å². The van der Waals surface area contributed by atoms with Gasteiger partial charge in [0.2, 0.25) is 0 Å². The molecule has 0 bridgehead atoms. The van der Waals surface area contributed by atoms with E-state index < -0.39 is 21.7 Å². The molecule has 0 atom stereocenters. The number of ether oxygens (including phenoxy) is 1. The lowest BCUT2D eigenvalue weighted by molar-refractivity contribution is 0.102. The maximum Gasteiger partial charge on any atom is 0.264 e. The van der Waals surface area contributed by atoms with Gasteiger partial charge in [-0.3, -0.25) is 9.10 Å². The molecule has 0 spiro atoms. The van der Waals surface area contributed by atoms with Gasteiger partial charge in [-0.15, -0.1) is 0 Å². The lowest BCUT2D eigenvalue weighted by atomic mass is 10.0. The first-order chi connectivity index (χ1) is 15.3. The molecule has 0 saturated carbocycles. The van der Waals surface area contributed by atoms with Gasteiger partial charge < -0.3 is 10.1 Å². The van der Waals surface area contributed by atoms with E-state index in [0.717, 1.165) is 11.6 Å². The van der Waals surface area contributed by atoms with E-state index in [4.69, 9.17) is 16.3 Å². The summed E-state index contributed by atoms with van der Waals surface area (Å²) in [7, 11) is -2.32. The molecule has 1 heterocycles. The fraction of sp³-hybridized carbons (Fsp3) is 0.174. The van der Waals surface area contributed by atoms with Crippen molar-refractivity contribution in [2.24, 2.45) is 0 Å². The van der Waals surface area contributed by atoms with E-state index in [9.17, 15) is 17.6 Å². The van der Waals surface area contributed by atoms with Crippen LogP contribution in [0.25, 0.3) is 0 Å². The van der Waals surface area contributed by atoms with Crippen LogP contribution in [0.2, 0.25) is 5.02 Å². The number of nitrogens with one attached hydrogen (secondary N) is 1. The largest absolute Gasteiger partial charge is 0.497 e. The molecule has 0 saturated heterocycles. The Balaban J connectivity index is 1.67. The van der Waals surface area contributed by atoms with Crippen LogP contribution in [0.4, 0.5) is 15.8 Å². The van der Waals surface area contributed by atoms with Crippen molar-refractivity contribution in [2.45, 2.75) is 17.7 Å². The molecule has 3 aromatic carbocycles. The third-order valence-electron chi connectivity index (χ3n) is 5.26. The molecule has 0 aromatic heterocycles. The number of hydrogen-bond acceptors (Lipinski definition) is 4. The fourth-order valence-electron chi connectivity index (χ4n) is 3.65. The molecule has 1 N–H and O–H groups in total. The van der Waals surface area contributed by atoms with Crippen molar-refractivity contribution >= 4 is 38.9 Å². The number of carbonyl (C=O) groups is 1. The van der Waals surface area contributed by atoms with Crippen molar-refractivity contribution in [3.05, 3.63) is 82.6 Å². The third kappa shape index (κ3) is 4.16. The fourth-order valence-corrected chi connectivity index (χ4v) is 5.43. The smallest absolute Gasteiger partial charge is 0.264 e. The summed E-state index contributed by atoms with van der Waals surface area (Å²) in [4.78, 5) is 12.7. The zero-order valence-corrected chi connectivity index (χ0v) is 18.7. The Labute approximate surface area is 190 Å². The Hall–Kier alpha value is -3.10. The Morgan fingerprint density at radius 1 is 1.12 bits per heavy atom. The normalized spacial score (nSPS) is 13.4. The molecule has 9 heteroatoms. The Morgan fingerprint density at radius 3 is 2.56 bits per heavy atom. The second-order valence-corrected chi connectivity index (χ2v) is 9.52. The second kappa shape index (κ2) is 8.80. The van der Waals surface area contributed by atoms with Gasteiger partial charge in [0.25, 0.3) is 15.9 Å². The van der Waals surface area contributed by atoms with Crippen LogP contribution in [-0.4, -0.2) is 28.0 Å². The van der Waals surface area contributed by atoms with Crippen molar-refractivity contribution in [1.82, 2.24) is 0 Å². The zero-order chi connectivity index (χ0) is 22.9. The van der Waals surface area contributed by atoms with Gasteiger partial charge in [-0.2, -0.15) is 0 Å². The molecule has 166 valence electrons. The van der Waals surface area contributed by atoms with E-state index >= 15 is 0 Å². The van der Waals surface area contributed by atoms with E-state index in [1.165, 1.54) is 35.7 Å². The molecular weight excluding hydrogens is 455 g/mol. The molecule has 1 aliphatic rings. The number of rotatable bonds is 5. The molecule has 0 radical (unpaired) electrons. The topological polar surface area (TPSA) is 75.7 Å². The summed E-state index contributed by atoms with van der Waals surface area (Å²) in [5.41, 5.74) is 1.39. The number of halogens is 2. The van der Waals surface area contributed by atoms with Crippen molar-refractivity contribution in [1.29, 1.82) is 0 Å².